The van der Waals surface area contributed by atoms with Crippen molar-refractivity contribution in [1.82, 2.24) is 4.90 Å². The number of nitrogens with zero attached hydrogens (tertiary/aromatic N) is 2. The third kappa shape index (κ3) is 1.88. The molecular formula is C11H17N3OS. The zero-order chi connectivity index (χ0) is 12.3. The molecule has 1 aliphatic rings. The van der Waals surface area contributed by atoms with Crippen LogP contribution in [0.5, 0.6) is 0 Å². The maximum absolute atomic E-state index is 11.8. The minimum Gasteiger partial charge on any atom is -0.324 e. The van der Waals surface area contributed by atoms with Gasteiger partial charge in [0.25, 0.3) is 0 Å². The van der Waals surface area contributed by atoms with Crippen LogP contribution in [0, 0.1) is 11.3 Å². The predicted octanol–water partition coefficient (Wildman–Crippen LogP) is 0.651. The van der Waals surface area contributed by atoms with Gasteiger partial charge in [-0.3, -0.25) is 9.69 Å². The SMILES string of the molecule is CCCCN1C(C(C)=S)C1(C#N)C(=O)CN. The quantitative estimate of drug-likeness (QED) is 0.544. The van der Waals surface area contributed by atoms with E-state index >= 15 is 0 Å². The summed E-state index contributed by atoms with van der Waals surface area (Å²) in [5.74, 6) is -0.222. The number of hydrogen-bond donors (Lipinski definition) is 1. The van der Waals surface area contributed by atoms with Crippen LogP contribution >= 0.6 is 12.2 Å². The molecule has 0 bridgehead atoms. The monoisotopic (exact) mass is 239 g/mol. The molecule has 0 aliphatic carbocycles. The highest BCUT2D eigenvalue weighted by Crippen LogP contribution is 2.42. The second kappa shape index (κ2) is 5.00. The molecule has 0 radical (unpaired) electrons. The predicted molar refractivity (Wildman–Crippen MR) is 66.1 cm³/mol. The van der Waals surface area contributed by atoms with Gasteiger partial charge in [0.05, 0.1) is 18.7 Å². The number of nitrogens with two attached hydrogens (primary N) is 1. The zero-order valence-electron chi connectivity index (χ0n) is 9.69. The molecule has 0 aromatic rings. The molecule has 1 saturated heterocycles. The van der Waals surface area contributed by atoms with Gasteiger partial charge in [0.15, 0.2) is 11.3 Å². The van der Waals surface area contributed by atoms with Crippen LogP contribution < -0.4 is 5.73 Å². The standard InChI is InChI=1S/C11H17N3OS/c1-3-4-5-14-10(8(2)16)11(14,7-13)9(15)6-12/h10H,3-6,12H2,1-2H3. The molecule has 5 heteroatoms. The summed E-state index contributed by atoms with van der Waals surface area (Å²) in [6.07, 6.45) is 1.98. The molecule has 0 amide bonds. The molecule has 1 rings (SSSR count). The smallest absolute Gasteiger partial charge is 0.190 e. The van der Waals surface area contributed by atoms with Crippen molar-refractivity contribution in [2.45, 2.75) is 38.3 Å². The third-order valence-electron chi connectivity index (χ3n) is 3.01. The van der Waals surface area contributed by atoms with E-state index in [-0.39, 0.29) is 18.4 Å². The number of Topliss-reactive ketones (excluding diaryl/α,β-unsaturated/α-hetero) is 1. The van der Waals surface area contributed by atoms with Crippen LogP contribution in [-0.2, 0) is 4.79 Å². The van der Waals surface area contributed by atoms with Crippen LogP contribution in [0.1, 0.15) is 26.7 Å². The number of unbranched alkanes of at least 4 members (excludes halogenated alkanes) is 1. The fourth-order valence-corrected chi connectivity index (χ4v) is 2.45. The fourth-order valence-electron chi connectivity index (χ4n) is 2.15. The average Bonchev–Trinajstić information content (AvgIpc) is 2.94. The molecule has 0 spiro atoms. The normalized spacial score (nSPS) is 31.9. The third-order valence-corrected chi connectivity index (χ3v) is 3.23. The number of hydrogen-bond acceptors (Lipinski definition) is 5. The van der Waals surface area contributed by atoms with Crippen LogP contribution in [0.3, 0.4) is 0 Å². The van der Waals surface area contributed by atoms with E-state index in [4.69, 9.17) is 18.0 Å². The lowest BCUT2D eigenvalue weighted by Gasteiger charge is -2.06. The van der Waals surface area contributed by atoms with Crippen molar-refractivity contribution >= 4 is 22.9 Å². The fraction of sp³-hybridized carbons (Fsp3) is 0.727. The molecule has 4 nitrogen and oxygen atoms in total. The largest absolute Gasteiger partial charge is 0.324 e. The zero-order valence-corrected chi connectivity index (χ0v) is 10.5. The van der Waals surface area contributed by atoms with E-state index < -0.39 is 5.54 Å². The molecule has 0 saturated carbocycles. The molecule has 1 fully saturated rings. The molecular weight excluding hydrogens is 222 g/mol. The Balaban J connectivity index is 2.88. The molecule has 3 unspecified atom stereocenters. The first kappa shape index (κ1) is 13.2. The van der Waals surface area contributed by atoms with Crippen molar-refractivity contribution in [3.63, 3.8) is 0 Å². The topological polar surface area (TPSA) is 69.9 Å². The lowest BCUT2D eigenvalue weighted by atomic mass is 10.00. The van der Waals surface area contributed by atoms with Crippen molar-refractivity contribution in [1.29, 1.82) is 5.26 Å². The van der Waals surface area contributed by atoms with E-state index in [9.17, 15) is 10.1 Å². The van der Waals surface area contributed by atoms with E-state index in [1.165, 1.54) is 0 Å². The van der Waals surface area contributed by atoms with Crippen LogP contribution in [0.15, 0.2) is 0 Å². The molecule has 88 valence electrons. The first-order chi connectivity index (χ1) is 7.56. The van der Waals surface area contributed by atoms with E-state index in [0.717, 1.165) is 19.4 Å². The second-order valence-corrected chi connectivity index (χ2v) is 4.71. The lowest BCUT2D eigenvalue weighted by molar-refractivity contribution is -0.119. The van der Waals surface area contributed by atoms with E-state index in [1.54, 1.807) is 6.92 Å². The van der Waals surface area contributed by atoms with Crippen molar-refractivity contribution < 1.29 is 4.79 Å². The Morgan fingerprint density at radius 1 is 1.69 bits per heavy atom. The van der Waals surface area contributed by atoms with Gasteiger partial charge < -0.3 is 5.73 Å². The van der Waals surface area contributed by atoms with E-state index in [2.05, 4.69) is 13.0 Å². The first-order valence-corrected chi connectivity index (χ1v) is 5.88. The van der Waals surface area contributed by atoms with Gasteiger partial charge in [-0.05, 0) is 13.3 Å². The Bertz CT molecular complexity index is 350. The van der Waals surface area contributed by atoms with Crippen molar-refractivity contribution in [3.8, 4) is 6.07 Å². The van der Waals surface area contributed by atoms with Gasteiger partial charge in [0.1, 0.15) is 0 Å². The molecule has 2 N–H and O–H groups in total. The number of rotatable bonds is 6. The maximum Gasteiger partial charge on any atom is 0.190 e. The van der Waals surface area contributed by atoms with E-state index in [0.29, 0.717) is 4.86 Å². The van der Waals surface area contributed by atoms with E-state index in [1.807, 2.05) is 4.90 Å². The van der Waals surface area contributed by atoms with Crippen molar-refractivity contribution in [2.75, 3.05) is 13.1 Å². The minimum atomic E-state index is -1.06. The van der Waals surface area contributed by atoms with Crippen molar-refractivity contribution in [3.05, 3.63) is 0 Å². The average molecular weight is 239 g/mol. The number of thiocarbonyl (C=S) groups is 1. The van der Waals surface area contributed by atoms with Crippen LogP contribution in [0.2, 0.25) is 0 Å². The van der Waals surface area contributed by atoms with Crippen molar-refractivity contribution in [2.24, 2.45) is 5.73 Å². The number of carbonyl (C=O) groups is 1. The molecule has 3 atom stereocenters. The van der Waals surface area contributed by atoms with Gasteiger partial charge in [-0.25, -0.2) is 0 Å². The molecule has 1 aliphatic heterocycles. The van der Waals surface area contributed by atoms with Gasteiger partial charge in [0, 0.05) is 11.4 Å². The van der Waals surface area contributed by atoms with Gasteiger partial charge in [-0.2, -0.15) is 5.26 Å². The molecule has 1 heterocycles. The molecule has 0 aromatic heterocycles. The Hall–Kier alpha value is -0.830. The van der Waals surface area contributed by atoms with Crippen LogP contribution in [-0.4, -0.2) is 40.2 Å². The number of ketones is 1. The first-order valence-electron chi connectivity index (χ1n) is 5.48. The van der Waals surface area contributed by atoms with Crippen LogP contribution in [0.25, 0.3) is 0 Å². The van der Waals surface area contributed by atoms with Gasteiger partial charge in [-0.15, -0.1) is 0 Å². The Labute approximate surface area is 101 Å². The molecule has 0 aromatic carbocycles. The Morgan fingerprint density at radius 2 is 2.31 bits per heavy atom. The van der Waals surface area contributed by atoms with Gasteiger partial charge in [-0.1, -0.05) is 25.6 Å². The summed E-state index contributed by atoms with van der Waals surface area (Å²) in [5.41, 5.74) is 4.30. The highest BCUT2D eigenvalue weighted by molar-refractivity contribution is 7.80. The van der Waals surface area contributed by atoms with Gasteiger partial charge in [0.2, 0.25) is 0 Å². The minimum absolute atomic E-state index is 0.102. The number of nitriles is 1. The second-order valence-electron chi connectivity index (χ2n) is 4.07. The highest BCUT2D eigenvalue weighted by atomic mass is 32.1. The Morgan fingerprint density at radius 3 is 2.69 bits per heavy atom. The summed E-state index contributed by atoms with van der Waals surface area (Å²) in [7, 11) is 0. The highest BCUT2D eigenvalue weighted by Gasteiger charge is 2.68. The summed E-state index contributed by atoms with van der Waals surface area (Å²) < 4.78 is 0. The van der Waals surface area contributed by atoms with Crippen LogP contribution in [0.4, 0.5) is 0 Å². The molecule has 16 heavy (non-hydrogen) atoms. The lowest BCUT2D eigenvalue weighted by Crippen LogP contribution is -2.35. The maximum atomic E-state index is 11.8. The summed E-state index contributed by atoms with van der Waals surface area (Å²) >= 11 is 5.11. The van der Waals surface area contributed by atoms with Gasteiger partial charge >= 0.3 is 0 Å². The Kier molecular flexibility index (Phi) is 4.14. The summed E-state index contributed by atoms with van der Waals surface area (Å²) in [4.78, 5) is 14.3. The summed E-state index contributed by atoms with van der Waals surface area (Å²) in [6.45, 7) is 4.48. The number of carbonyl (C=O) groups excluding carboxylic acids is 1. The summed E-state index contributed by atoms with van der Waals surface area (Å²) in [6, 6.07) is 1.89. The summed E-state index contributed by atoms with van der Waals surface area (Å²) in [5, 5.41) is 9.22.